The average Bonchev–Trinajstić information content (AvgIpc) is 3.23. The van der Waals surface area contributed by atoms with Gasteiger partial charge in [-0.05, 0) is 49.3 Å². The molecular formula is C20H26N4O2. The number of hydrogen-bond donors (Lipinski definition) is 1. The number of H-pyrrole nitrogens is 1. The molecule has 1 aliphatic carbocycles. The molecule has 1 saturated heterocycles. The summed E-state index contributed by atoms with van der Waals surface area (Å²) < 4.78 is 5.26. The zero-order chi connectivity index (χ0) is 18.1. The lowest BCUT2D eigenvalue weighted by atomic mass is 9.62. The molecule has 1 spiro atoms. The first-order valence-electron chi connectivity index (χ1n) is 9.39. The van der Waals surface area contributed by atoms with Gasteiger partial charge in [0.15, 0.2) is 5.82 Å². The van der Waals surface area contributed by atoms with Crippen LogP contribution in [-0.4, -0.2) is 46.2 Å². The second-order valence-corrected chi connectivity index (χ2v) is 7.67. The van der Waals surface area contributed by atoms with Crippen molar-refractivity contribution in [2.75, 3.05) is 20.2 Å². The van der Waals surface area contributed by atoms with Crippen molar-refractivity contribution in [1.29, 1.82) is 0 Å². The third-order valence-electron chi connectivity index (χ3n) is 6.04. The van der Waals surface area contributed by atoms with Crippen LogP contribution >= 0.6 is 0 Å². The van der Waals surface area contributed by atoms with Crippen LogP contribution in [0.15, 0.2) is 24.3 Å². The van der Waals surface area contributed by atoms with Crippen LogP contribution in [0.1, 0.15) is 48.8 Å². The fourth-order valence-corrected chi connectivity index (χ4v) is 4.41. The summed E-state index contributed by atoms with van der Waals surface area (Å²) >= 11 is 0. The van der Waals surface area contributed by atoms with Gasteiger partial charge in [-0.15, -0.1) is 0 Å². The minimum absolute atomic E-state index is 0.195. The number of aromatic amines is 1. The second-order valence-electron chi connectivity index (χ2n) is 7.67. The number of benzene rings is 1. The first kappa shape index (κ1) is 17.1. The molecule has 2 aliphatic rings. The lowest BCUT2D eigenvalue weighted by Gasteiger charge is -2.41. The minimum atomic E-state index is 0.195. The van der Waals surface area contributed by atoms with Gasteiger partial charge in [0, 0.05) is 25.4 Å². The molecule has 26 heavy (non-hydrogen) atoms. The number of nitrogens with one attached hydrogen (secondary N) is 1. The number of aryl methyl sites for hydroxylation is 2. The Morgan fingerprint density at radius 3 is 2.92 bits per heavy atom. The van der Waals surface area contributed by atoms with Crippen molar-refractivity contribution >= 4 is 5.91 Å². The Morgan fingerprint density at radius 2 is 2.27 bits per heavy atom. The zero-order valence-corrected chi connectivity index (χ0v) is 15.5. The molecule has 1 amide bonds. The van der Waals surface area contributed by atoms with E-state index in [-0.39, 0.29) is 17.2 Å². The SMILES string of the molecule is COc1cccc(CCC(=O)N2CC(c3n[nH]c(C)n3)C3(CCC3)C2)c1. The van der Waals surface area contributed by atoms with E-state index in [0.717, 1.165) is 42.5 Å². The quantitative estimate of drug-likeness (QED) is 0.896. The van der Waals surface area contributed by atoms with Gasteiger partial charge in [-0.25, -0.2) is 4.98 Å². The molecular weight excluding hydrogens is 328 g/mol. The molecule has 1 aromatic heterocycles. The number of carbonyl (C=O) groups is 1. The second kappa shape index (κ2) is 6.74. The predicted octanol–water partition coefficient (Wildman–Crippen LogP) is 2.85. The van der Waals surface area contributed by atoms with E-state index in [0.29, 0.717) is 6.42 Å². The number of hydrogen-bond acceptors (Lipinski definition) is 4. The number of likely N-dealkylation sites (tertiary alicyclic amines) is 1. The van der Waals surface area contributed by atoms with E-state index in [2.05, 4.69) is 15.2 Å². The summed E-state index contributed by atoms with van der Waals surface area (Å²) in [6.07, 6.45) is 4.86. The average molecular weight is 354 g/mol. The fourth-order valence-electron chi connectivity index (χ4n) is 4.41. The van der Waals surface area contributed by atoms with Gasteiger partial charge in [-0.2, -0.15) is 5.10 Å². The molecule has 2 aromatic rings. The number of aromatic nitrogens is 3. The fraction of sp³-hybridized carbons (Fsp3) is 0.550. The van der Waals surface area contributed by atoms with Crippen LogP contribution in [0.3, 0.4) is 0 Å². The van der Waals surface area contributed by atoms with Crippen molar-refractivity contribution in [2.24, 2.45) is 5.41 Å². The summed E-state index contributed by atoms with van der Waals surface area (Å²) in [4.78, 5) is 19.4. The number of carbonyl (C=O) groups excluding carboxylic acids is 1. The molecule has 1 aromatic carbocycles. The molecule has 6 heteroatoms. The van der Waals surface area contributed by atoms with Crippen LogP contribution in [0.25, 0.3) is 0 Å². The van der Waals surface area contributed by atoms with E-state index < -0.39 is 0 Å². The summed E-state index contributed by atoms with van der Waals surface area (Å²) in [6, 6.07) is 7.95. The number of methoxy groups -OCH3 is 1. The Labute approximate surface area is 154 Å². The lowest BCUT2D eigenvalue weighted by molar-refractivity contribution is -0.130. The molecule has 1 N–H and O–H groups in total. The third kappa shape index (κ3) is 3.08. The van der Waals surface area contributed by atoms with Gasteiger partial charge in [-0.1, -0.05) is 18.6 Å². The molecule has 6 nitrogen and oxygen atoms in total. The highest BCUT2D eigenvalue weighted by Gasteiger charge is 2.53. The van der Waals surface area contributed by atoms with Crippen LogP contribution in [0.4, 0.5) is 0 Å². The summed E-state index contributed by atoms with van der Waals surface area (Å²) in [5.74, 6) is 3.06. The van der Waals surface area contributed by atoms with Crippen LogP contribution in [0.5, 0.6) is 5.75 Å². The molecule has 2 fully saturated rings. The standard InChI is InChI=1S/C20H26N4O2/c1-14-21-19(23-22-14)17-12-24(13-20(17)9-4-10-20)18(25)8-7-15-5-3-6-16(11-15)26-2/h3,5-6,11,17H,4,7-10,12-13H2,1-2H3,(H,21,22,23). The number of rotatable bonds is 5. The van der Waals surface area contributed by atoms with Crippen LogP contribution in [0.2, 0.25) is 0 Å². The molecule has 4 rings (SSSR count). The van der Waals surface area contributed by atoms with Gasteiger partial charge >= 0.3 is 0 Å². The summed E-state index contributed by atoms with van der Waals surface area (Å²) in [6.45, 7) is 3.52. The molecule has 138 valence electrons. The van der Waals surface area contributed by atoms with Crippen LogP contribution in [-0.2, 0) is 11.2 Å². The highest BCUT2D eigenvalue weighted by molar-refractivity contribution is 5.77. The van der Waals surface area contributed by atoms with Crippen molar-refractivity contribution in [2.45, 2.75) is 44.9 Å². The first-order chi connectivity index (χ1) is 12.6. The molecule has 1 atom stereocenters. The summed E-state index contributed by atoms with van der Waals surface area (Å²) in [5, 5.41) is 7.35. The normalized spacial score (nSPS) is 21.0. The van der Waals surface area contributed by atoms with Gasteiger partial charge in [0.2, 0.25) is 5.91 Å². The maximum Gasteiger partial charge on any atom is 0.222 e. The largest absolute Gasteiger partial charge is 0.497 e. The maximum atomic E-state index is 12.8. The van der Waals surface area contributed by atoms with Crippen molar-refractivity contribution in [3.05, 3.63) is 41.5 Å². The van der Waals surface area contributed by atoms with Gasteiger partial charge in [0.1, 0.15) is 11.6 Å². The number of nitrogens with zero attached hydrogens (tertiary/aromatic N) is 3. The monoisotopic (exact) mass is 354 g/mol. The van der Waals surface area contributed by atoms with Crippen LogP contribution < -0.4 is 4.74 Å². The van der Waals surface area contributed by atoms with Crippen molar-refractivity contribution in [3.63, 3.8) is 0 Å². The molecule has 1 aliphatic heterocycles. The number of ether oxygens (including phenoxy) is 1. The van der Waals surface area contributed by atoms with Crippen molar-refractivity contribution in [1.82, 2.24) is 20.1 Å². The number of amides is 1. The Hall–Kier alpha value is -2.37. The zero-order valence-electron chi connectivity index (χ0n) is 15.5. The highest BCUT2D eigenvalue weighted by atomic mass is 16.5. The summed E-state index contributed by atoms with van der Waals surface area (Å²) in [7, 11) is 1.66. The third-order valence-corrected chi connectivity index (χ3v) is 6.04. The maximum absolute atomic E-state index is 12.8. The van der Waals surface area contributed by atoms with E-state index in [1.807, 2.05) is 36.1 Å². The minimum Gasteiger partial charge on any atom is -0.497 e. The van der Waals surface area contributed by atoms with E-state index >= 15 is 0 Å². The molecule has 1 unspecified atom stereocenters. The Kier molecular flexibility index (Phi) is 4.42. The first-order valence-corrected chi connectivity index (χ1v) is 9.39. The van der Waals surface area contributed by atoms with Crippen molar-refractivity contribution < 1.29 is 9.53 Å². The Bertz CT molecular complexity index is 797. The molecule has 2 heterocycles. The summed E-state index contributed by atoms with van der Waals surface area (Å²) in [5.41, 5.74) is 1.33. The van der Waals surface area contributed by atoms with Crippen molar-refractivity contribution in [3.8, 4) is 5.75 Å². The predicted molar refractivity (Wildman–Crippen MR) is 98.0 cm³/mol. The van der Waals surface area contributed by atoms with E-state index in [1.54, 1.807) is 7.11 Å². The van der Waals surface area contributed by atoms with E-state index in [9.17, 15) is 4.79 Å². The smallest absolute Gasteiger partial charge is 0.222 e. The molecule has 0 bridgehead atoms. The van der Waals surface area contributed by atoms with Gasteiger partial charge in [-0.3, -0.25) is 9.89 Å². The van der Waals surface area contributed by atoms with Gasteiger partial charge in [0.05, 0.1) is 7.11 Å². The Balaban J connectivity index is 1.42. The van der Waals surface area contributed by atoms with Gasteiger partial charge < -0.3 is 9.64 Å². The molecule has 0 radical (unpaired) electrons. The Morgan fingerprint density at radius 1 is 1.42 bits per heavy atom. The topological polar surface area (TPSA) is 71.1 Å². The van der Waals surface area contributed by atoms with Crippen LogP contribution in [0, 0.1) is 12.3 Å². The lowest BCUT2D eigenvalue weighted by Crippen LogP contribution is -2.38. The van der Waals surface area contributed by atoms with E-state index in [4.69, 9.17) is 4.74 Å². The van der Waals surface area contributed by atoms with Gasteiger partial charge in [0.25, 0.3) is 0 Å². The van der Waals surface area contributed by atoms with E-state index in [1.165, 1.54) is 19.3 Å². The molecule has 1 saturated carbocycles. The highest BCUT2D eigenvalue weighted by Crippen LogP contribution is 2.55.